The number of methoxy groups -OCH3 is 1. The molecule has 25 heavy (non-hydrogen) atoms. The normalized spacial score (nSPS) is 27.6. The molecule has 2 aliphatic carbocycles. The summed E-state index contributed by atoms with van der Waals surface area (Å²) in [4.78, 5) is 19.7. The number of hydrogen-bond acceptors (Lipinski definition) is 4. The van der Waals surface area contributed by atoms with Crippen molar-refractivity contribution in [2.24, 2.45) is 0 Å². The number of fused-ring (bicyclic) bond motifs is 3. The summed E-state index contributed by atoms with van der Waals surface area (Å²) in [5, 5.41) is 4.25. The largest absolute Gasteiger partial charge is 0.378 e. The van der Waals surface area contributed by atoms with Gasteiger partial charge in [-0.1, -0.05) is 18.2 Å². The molecule has 1 heterocycles. The number of nitrogens with one attached hydrogen (secondary N) is 1. The molecule has 132 valence electrons. The van der Waals surface area contributed by atoms with Crippen molar-refractivity contribution < 1.29 is 9.53 Å². The number of carbonyl (C=O) groups excluding carboxylic acids is 1. The molecule has 0 spiro atoms. The maximum atomic E-state index is 13.2. The SMILES string of the molecule is COC12CCC(NC(=O)c3cc(N(C)C)nc4ccccc34)(CC1)C2. The Labute approximate surface area is 148 Å². The maximum absolute atomic E-state index is 13.2. The third kappa shape index (κ3) is 2.67. The van der Waals surface area contributed by atoms with E-state index in [4.69, 9.17) is 4.74 Å². The van der Waals surface area contributed by atoms with Crippen molar-refractivity contribution in [2.75, 3.05) is 26.1 Å². The number of benzene rings is 1. The number of hydrogen-bond donors (Lipinski definition) is 1. The molecule has 5 nitrogen and oxygen atoms in total. The molecule has 2 saturated carbocycles. The van der Waals surface area contributed by atoms with Crippen LogP contribution in [0.15, 0.2) is 30.3 Å². The second-order valence-electron chi connectivity index (χ2n) is 7.74. The third-order valence-corrected chi connectivity index (χ3v) is 6.00. The van der Waals surface area contributed by atoms with Gasteiger partial charge < -0.3 is 15.0 Å². The Bertz CT molecular complexity index is 823. The van der Waals surface area contributed by atoms with Crippen LogP contribution in [-0.4, -0.2) is 43.2 Å². The lowest BCUT2D eigenvalue weighted by Crippen LogP contribution is -2.45. The van der Waals surface area contributed by atoms with E-state index in [-0.39, 0.29) is 17.0 Å². The van der Waals surface area contributed by atoms with E-state index in [0.29, 0.717) is 5.56 Å². The first-order valence-electron chi connectivity index (χ1n) is 8.91. The second-order valence-corrected chi connectivity index (χ2v) is 7.74. The van der Waals surface area contributed by atoms with Gasteiger partial charge in [0, 0.05) is 32.1 Å². The Morgan fingerprint density at radius 3 is 2.56 bits per heavy atom. The molecule has 0 radical (unpaired) electrons. The van der Waals surface area contributed by atoms with Crippen molar-refractivity contribution in [2.45, 2.75) is 43.2 Å². The molecule has 1 aromatic heterocycles. The first-order valence-corrected chi connectivity index (χ1v) is 8.91. The molecular weight excluding hydrogens is 314 g/mol. The zero-order chi connectivity index (χ0) is 17.7. The number of carbonyl (C=O) groups is 1. The van der Waals surface area contributed by atoms with Crippen LogP contribution in [0.25, 0.3) is 10.9 Å². The predicted octanol–water partition coefficient (Wildman–Crippen LogP) is 3.13. The van der Waals surface area contributed by atoms with Gasteiger partial charge in [0.2, 0.25) is 0 Å². The quantitative estimate of drug-likeness (QED) is 0.930. The van der Waals surface area contributed by atoms with Crippen LogP contribution in [0.2, 0.25) is 0 Å². The number of para-hydroxylation sites is 1. The minimum absolute atomic E-state index is 0.00416. The summed E-state index contributed by atoms with van der Waals surface area (Å²) in [6.45, 7) is 0. The van der Waals surface area contributed by atoms with Gasteiger partial charge in [-0.3, -0.25) is 4.79 Å². The topological polar surface area (TPSA) is 54.5 Å². The fourth-order valence-corrected chi connectivity index (χ4v) is 4.49. The molecule has 5 heteroatoms. The molecular formula is C20H25N3O2. The minimum Gasteiger partial charge on any atom is -0.378 e. The Balaban J connectivity index is 1.69. The molecule has 0 aliphatic heterocycles. The lowest BCUT2D eigenvalue weighted by atomic mass is 9.92. The van der Waals surface area contributed by atoms with Crippen LogP contribution in [-0.2, 0) is 4.74 Å². The zero-order valence-corrected chi connectivity index (χ0v) is 15.1. The molecule has 2 aromatic rings. The van der Waals surface area contributed by atoms with Crippen LogP contribution >= 0.6 is 0 Å². The van der Waals surface area contributed by atoms with Gasteiger partial charge in [0.1, 0.15) is 5.82 Å². The first kappa shape index (κ1) is 16.3. The maximum Gasteiger partial charge on any atom is 0.252 e. The van der Waals surface area contributed by atoms with E-state index in [1.807, 2.05) is 49.3 Å². The molecule has 0 atom stereocenters. The van der Waals surface area contributed by atoms with Crippen LogP contribution in [0.1, 0.15) is 42.5 Å². The number of amides is 1. The van der Waals surface area contributed by atoms with Gasteiger partial charge in [-0.2, -0.15) is 0 Å². The lowest BCUT2D eigenvalue weighted by Gasteiger charge is -2.28. The molecule has 0 saturated heterocycles. The molecule has 2 fully saturated rings. The van der Waals surface area contributed by atoms with Gasteiger partial charge in [-0.25, -0.2) is 4.98 Å². The van der Waals surface area contributed by atoms with Gasteiger partial charge >= 0.3 is 0 Å². The minimum atomic E-state index is -0.115. The van der Waals surface area contributed by atoms with Crippen molar-refractivity contribution in [3.63, 3.8) is 0 Å². The van der Waals surface area contributed by atoms with Crippen LogP contribution in [0.3, 0.4) is 0 Å². The summed E-state index contributed by atoms with van der Waals surface area (Å²) in [6.07, 6.45) is 4.98. The van der Waals surface area contributed by atoms with Crippen molar-refractivity contribution in [3.8, 4) is 0 Å². The smallest absolute Gasteiger partial charge is 0.252 e. The average Bonchev–Trinajstić information content (AvgIpc) is 3.17. The number of nitrogens with zero attached hydrogens (tertiary/aromatic N) is 2. The Morgan fingerprint density at radius 2 is 1.92 bits per heavy atom. The standard InChI is InChI=1S/C20H25N3O2/c1-23(2)17-12-15(14-6-4-5-7-16(14)21-17)18(24)22-19-8-10-20(13-19,25-3)11-9-19/h4-7,12H,8-11,13H2,1-3H3,(H,22,24). The van der Waals surface area contributed by atoms with Gasteiger partial charge in [0.05, 0.1) is 16.7 Å². The van der Waals surface area contributed by atoms with Gasteiger partial charge in [0.25, 0.3) is 5.91 Å². The van der Waals surface area contributed by atoms with E-state index >= 15 is 0 Å². The number of ether oxygens (including phenoxy) is 1. The van der Waals surface area contributed by atoms with Crippen LogP contribution in [0.4, 0.5) is 5.82 Å². The number of anilines is 1. The Hall–Kier alpha value is -2.14. The highest BCUT2D eigenvalue weighted by molar-refractivity contribution is 6.07. The third-order valence-electron chi connectivity index (χ3n) is 6.00. The van der Waals surface area contributed by atoms with E-state index in [9.17, 15) is 4.79 Å². The highest BCUT2D eigenvalue weighted by Crippen LogP contribution is 2.52. The van der Waals surface area contributed by atoms with Crippen molar-refractivity contribution >= 4 is 22.6 Å². The molecule has 1 amide bonds. The zero-order valence-electron chi connectivity index (χ0n) is 15.1. The van der Waals surface area contributed by atoms with Crippen LogP contribution in [0.5, 0.6) is 0 Å². The predicted molar refractivity (Wildman–Crippen MR) is 99.1 cm³/mol. The van der Waals surface area contributed by atoms with Gasteiger partial charge in [-0.05, 0) is 44.2 Å². The van der Waals surface area contributed by atoms with Gasteiger partial charge in [0.15, 0.2) is 0 Å². The van der Waals surface area contributed by atoms with Crippen molar-refractivity contribution in [1.29, 1.82) is 0 Å². The molecule has 1 aromatic carbocycles. The number of aromatic nitrogens is 1. The van der Waals surface area contributed by atoms with Crippen LogP contribution < -0.4 is 10.2 Å². The number of pyridine rings is 1. The summed E-state index contributed by atoms with van der Waals surface area (Å²) in [5.74, 6) is 0.793. The monoisotopic (exact) mass is 339 g/mol. The Kier molecular flexibility index (Phi) is 3.72. The average molecular weight is 339 g/mol. The fraction of sp³-hybridized carbons (Fsp3) is 0.500. The van der Waals surface area contributed by atoms with E-state index in [2.05, 4.69) is 10.3 Å². The highest BCUT2D eigenvalue weighted by atomic mass is 16.5. The van der Waals surface area contributed by atoms with E-state index < -0.39 is 0 Å². The fourth-order valence-electron chi connectivity index (χ4n) is 4.49. The summed E-state index contributed by atoms with van der Waals surface area (Å²) < 4.78 is 5.75. The van der Waals surface area contributed by atoms with Gasteiger partial charge in [-0.15, -0.1) is 0 Å². The summed E-state index contributed by atoms with van der Waals surface area (Å²) >= 11 is 0. The van der Waals surface area contributed by atoms with E-state index in [0.717, 1.165) is 48.8 Å². The molecule has 2 bridgehead atoms. The molecule has 2 aliphatic rings. The van der Waals surface area contributed by atoms with Crippen molar-refractivity contribution in [3.05, 3.63) is 35.9 Å². The molecule has 4 rings (SSSR count). The molecule has 1 N–H and O–H groups in total. The highest BCUT2D eigenvalue weighted by Gasteiger charge is 2.55. The van der Waals surface area contributed by atoms with E-state index in [1.165, 1.54) is 0 Å². The lowest BCUT2D eigenvalue weighted by molar-refractivity contribution is -0.000309. The van der Waals surface area contributed by atoms with E-state index in [1.54, 1.807) is 7.11 Å². The Morgan fingerprint density at radius 1 is 1.20 bits per heavy atom. The summed E-state index contributed by atoms with van der Waals surface area (Å²) in [7, 11) is 5.68. The van der Waals surface area contributed by atoms with Crippen LogP contribution in [0, 0.1) is 0 Å². The summed E-state index contributed by atoms with van der Waals surface area (Å²) in [5.41, 5.74) is 1.41. The van der Waals surface area contributed by atoms with Crippen molar-refractivity contribution in [1.82, 2.24) is 10.3 Å². The first-order chi connectivity index (χ1) is 12.0. The molecule has 0 unspecified atom stereocenters. The number of rotatable bonds is 4. The summed E-state index contributed by atoms with van der Waals surface area (Å²) in [6, 6.07) is 9.73. The second kappa shape index (κ2) is 5.70.